The summed E-state index contributed by atoms with van der Waals surface area (Å²) in [5.74, 6) is -0.917. The van der Waals surface area contributed by atoms with Crippen molar-refractivity contribution in [2.75, 3.05) is 7.11 Å². The first kappa shape index (κ1) is 15.6. The van der Waals surface area contributed by atoms with Crippen LogP contribution in [-0.2, 0) is 6.42 Å². The first-order valence-corrected chi connectivity index (χ1v) is 8.26. The van der Waals surface area contributed by atoms with E-state index in [1.807, 2.05) is 24.3 Å². The maximum atomic E-state index is 14.0. The van der Waals surface area contributed by atoms with Crippen molar-refractivity contribution in [2.24, 2.45) is 0 Å². The lowest BCUT2D eigenvalue weighted by Gasteiger charge is -2.01. The van der Waals surface area contributed by atoms with E-state index in [1.165, 1.54) is 28.0 Å². The molecule has 8 heteroatoms. The van der Waals surface area contributed by atoms with E-state index in [0.717, 1.165) is 22.4 Å². The van der Waals surface area contributed by atoms with E-state index in [4.69, 9.17) is 4.74 Å². The predicted octanol–water partition coefficient (Wildman–Crippen LogP) is 3.73. The molecule has 25 heavy (non-hydrogen) atoms. The Kier molecular flexibility index (Phi) is 3.89. The van der Waals surface area contributed by atoms with Crippen molar-refractivity contribution in [2.45, 2.75) is 6.42 Å². The van der Waals surface area contributed by atoms with Gasteiger partial charge in [-0.05, 0) is 29.8 Å². The molecule has 2 heterocycles. The molecule has 0 saturated heterocycles. The highest BCUT2D eigenvalue weighted by Crippen LogP contribution is 2.26. The molecule has 0 saturated carbocycles. The summed E-state index contributed by atoms with van der Waals surface area (Å²) < 4.78 is 34.1. The van der Waals surface area contributed by atoms with E-state index in [0.29, 0.717) is 11.4 Å². The van der Waals surface area contributed by atoms with E-state index < -0.39 is 11.6 Å². The Balaban J connectivity index is 1.69. The zero-order chi connectivity index (χ0) is 17.4. The normalized spacial score (nSPS) is 11.2. The number of nitrogens with zero attached hydrogens (tertiary/aromatic N) is 4. The van der Waals surface area contributed by atoms with Gasteiger partial charge >= 0.3 is 0 Å². The summed E-state index contributed by atoms with van der Waals surface area (Å²) in [5, 5.41) is 13.2. The molecule has 0 fully saturated rings. The number of fused-ring (bicyclic) bond motifs is 1. The Bertz CT molecular complexity index is 1040. The summed E-state index contributed by atoms with van der Waals surface area (Å²) in [7, 11) is 1.62. The fraction of sp³-hybridized carbons (Fsp3) is 0.118. The van der Waals surface area contributed by atoms with E-state index in [2.05, 4.69) is 15.3 Å². The van der Waals surface area contributed by atoms with Gasteiger partial charge in [-0.2, -0.15) is 9.61 Å². The first-order valence-electron chi connectivity index (χ1n) is 7.44. The highest BCUT2D eigenvalue weighted by molar-refractivity contribution is 7.16. The average Bonchev–Trinajstić information content (AvgIpc) is 3.18. The van der Waals surface area contributed by atoms with Gasteiger partial charge < -0.3 is 4.74 Å². The molecule has 0 amide bonds. The summed E-state index contributed by atoms with van der Waals surface area (Å²) in [6.07, 6.45) is 0.600. The molecule has 0 unspecified atom stereocenters. The molecule has 0 aliphatic carbocycles. The third-order valence-corrected chi connectivity index (χ3v) is 4.64. The minimum absolute atomic E-state index is 0.0359. The largest absolute Gasteiger partial charge is 0.497 e. The van der Waals surface area contributed by atoms with Crippen LogP contribution < -0.4 is 4.74 Å². The van der Waals surface area contributed by atoms with E-state index in [-0.39, 0.29) is 11.4 Å². The van der Waals surface area contributed by atoms with Crippen LogP contribution in [0.1, 0.15) is 10.6 Å². The summed E-state index contributed by atoms with van der Waals surface area (Å²) in [6, 6.07) is 11.6. The van der Waals surface area contributed by atoms with Crippen LogP contribution in [0.2, 0.25) is 0 Å². The third kappa shape index (κ3) is 2.85. The topological polar surface area (TPSA) is 52.3 Å². The van der Waals surface area contributed by atoms with Gasteiger partial charge in [0, 0.05) is 6.42 Å². The summed E-state index contributed by atoms with van der Waals surface area (Å²) >= 11 is 1.36. The number of halogens is 2. The van der Waals surface area contributed by atoms with Gasteiger partial charge in [0.2, 0.25) is 4.96 Å². The lowest BCUT2D eigenvalue weighted by Crippen LogP contribution is -1.97. The molecule has 0 spiro atoms. The molecule has 126 valence electrons. The second-order valence-electron chi connectivity index (χ2n) is 5.34. The van der Waals surface area contributed by atoms with Gasteiger partial charge in [-0.25, -0.2) is 8.78 Å². The Morgan fingerprint density at radius 3 is 2.64 bits per heavy atom. The molecular formula is C17H12F2N4OS. The molecule has 5 nitrogen and oxygen atoms in total. The van der Waals surface area contributed by atoms with Crippen molar-refractivity contribution >= 4 is 16.3 Å². The van der Waals surface area contributed by atoms with Crippen LogP contribution in [0.5, 0.6) is 5.75 Å². The van der Waals surface area contributed by atoms with Gasteiger partial charge in [-0.3, -0.25) is 0 Å². The van der Waals surface area contributed by atoms with Crippen LogP contribution in [0.4, 0.5) is 8.78 Å². The first-order chi connectivity index (χ1) is 12.2. The van der Waals surface area contributed by atoms with Crippen LogP contribution in [0.3, 0.4) is 0 Å². The van der Waals surface area contributed by atoms with Gasteiger partial charge in [0.25, 0.3) is 0 Å². The van der Waals surface area contributed by atoms with Crippen molar-refractivity contribution in [3.8, 4) is 17.1 Å². The quantitative estimate of drug-likeness (QED) is 0.558. The molecule has 2 aromatic carbocycles. The van der Waals surface area contributed by atoms with Crippen molar-refractivity contribution in [3.63, 3.8) is 0 Å². The second-order valence-corrected chi connectivity index (χ2v) is 6.38. The van der Waals surface area contributed by atoms with Crippen LogP contribution in [0.15, 0.2) is 42.5 Å². The Morgan fingerprint density at radius 2 is 1.88 bits per heavy atom. The number of rotatable bonds is 4. The number of hydrogen-bond donors (Lipinski definition) is 0. The standard InChI is InChI=1S/C17H12F2N4OS/c1-24-11-7-5-10(6-8-11)9-14-22-23-16(20-21-17(23)25-14)12-3-2-4-13(18)15(12)19/h2-8H,9H2,1H3. The van der Waals surface area contributed by atoms with Crippen molar-refractivity contribution < 1.29 is 13.5 Å². The molecule has 0 atom stereocenters. The molecule has 4 aromatic rings. The van der Waals surface area contributed by atoms with Gasteiger partial charge in [-0.1, -0.05) is 29.5 Å². The fourth-order valence-corrected chi connectivity index (χ4v) is 3.36. The molecule has 0 N–H and O–H groups in total. The molecule has 0 bridgehead atoms. The Labute approximate surface area is 145 Å². The van der Waals surface area contributed by atoms with Gasteiger partial charge in [-0.15, -0.1) is 10.2 Å². The summed E-state index contributed by atoms with van der Waals surface area (Å²) in [4.78, 5) is 0.530. The van der Waals surface area contributed by atoms with Crippen LogP contribution >= 0.6 is 11.3 Å². The Morgan fingerprint density at radius 1 is 1.08 bits per heavy atom. The lowest BCUT2D eigenvalue weighted by atomic mass is 10.1. The van der Waals surface area contributed by atoms with Gasteiger partial charge in [0.05, 0.1) is 12.7 Å². The zero-order valence-electron chi connectivity index (χ0n) is 13.1. The Hall–Kier alpha value is -2.87. The molecule has 0 aliphatic rings. The number of aromatic nitrogens is 4. The summed E-state index contributed by atoms with van der Waals surface area (Å²) in [6.45, 7) is 0. The predicted molar refractivity (Wildman–Crippen MR) is 89.8 cm³/mol. The minimum atomic E-state index is -0.957. The fourth-order valence-electron chi connectivity index (χ4n) is 2.49. The smallest absolute Gasteiger partial charge is 0.234 e. The third-order valence-electron chi connectivity index (χ3n) is 3.74. The summed E-state index contributed by atoms with van der Waals surface area (Å²) in [5.41, 5.74) is 1.10. The minimum Gasteiger partial charge on any atom is -0.497 e. The second kappa shape index (κ2) is 6.21. The maximum absolute atomic E-state index is 14.0. The van der Waals surface area contributed by atoms with E-state index in [9.17, 15) is 8.78 Å². The van der Waals surface area contributed by atoms with Gasteiger partial charge in [0.15, 0.2) is 17.5 Å². The lowest BCUT2D eigenvalue weighted by molar-refractivity contribution is 0.414. The number of hydrogen-bond acceptors (Lipinski definition) is 5. The maximum Gasteiger partial charge on any atom is 0.234 e. The SMILES string of the molecule is COc1ccc(Cc2nn3c(-c4cccc(F)c4F)nnc3s2)cc1. The van der Waals surface area contributed by atoms with Crippen LogP contribution in [0.25, 0.3) is 16.3 Å². The number of methoxy groups -OCH3 is 1. The monoisotopic (exact) mass is 358 g/mol. The van der Waals surface area contributed by atoms with Crippen molar-refractivity contribution in [3.05, 3.63) is 64.7 Å². The molecule has 2 aromatic heterocycles. The van der Waals surface area contributed by atoms with E-state index in [1.54, 1.807) is 7.11 Å². The van der Waals surface area contributed by atoms with Gasteiger partial charge in [0.1, 0.15) is 10.8 Å². The highest BCUT2D eigenvalue weighted by Gasteiger charge is 2.18. The molecule has 0 aliphatic heterocycles. The zero-order valence-corrected chi connectivity index (χ0v) is 13.9. The highest BCUT2D eigenvalue weighted by atomic mass is 32.1. The van der Waals surface area contributed by atoms with Crippen molar-refractivity contribution in [1.82, 2.24) is 19.8 Å². The van der Waals surface area contributed by atoms with E-state index >= 15 is 0 Å². The van der Waals surface area contributed by atoms with Crippen LogP contribution in [0, 0.1) is 11.6 Å². The average molecular weight is 358 g/mol. The number of ether oxygens (including phenoxy) is 1. The molecule has 0 radical (unpaired) electrons. The number of benzene rings is 2. The van der Waals surface area contributed by atoms with Crippen molar-refractivity contribution in [1.29, 1.82) is 0 Å². The molecular weight excluding hydrogens is 346 g/mol. The molecule has 4 rings (SSSR count). The van der Waals surface area contributed by atoms with Crippen LogP contribution in [-0.4, -0.2) is 26.9 Å².